The number of pyridine rings is 1. The first-order chi connectivity index (χ1) is 15.2. The maximum atomic E-state index is 11.3. The van der Waals surface area contributed by atoms with Crippen molar-refractivity contribution in [1.29, 1.82) is 0 Å². The lowest BCUT2D eigenvalue weighted by Gasteiger charge is -2.40. The Hall–Kier alpha value is -2.31. The van der Waals surface area contributed by atoms with Crippen molar-refractivity contribution in [2.24, 2.45) is 0 Å². The summed E-state index contributed by atoms with van der Waals surface area (Å²) in [6, 6.07) is 11.2. The molecule has 0 N–H and O–H groups in total. The first kappa shape index (κ1) is 20.6. The summed E-state index contributed by atoms with van der Waals surface area (Å²) < 4.78 is 1.14. The molecule has 0 radical (unpaired) electrons. The van der Waals surface area contributed by atoms with E-state index in [1.807, 2.05) is 18.3 Å². The molecule has 0 saturated carbocycles. The number of anilines is 1. The highest BCUT2D eigenvalue weighted by Crippen LogP contribution is 2.33. The van der Waals surface area contributed by atoms with Crippen LogP contribution in [0.4, 0.5) is 5.13 Å². The molecule has 162 valence electrons. The topological polar surface area (TPSA) is 49.3 Å². The monoisotopic (exact) mass is 434 g/mol. The Labute approximate surface area is 188 Å². The lowest BCUT2D eigenvalue weighted by atomic mass is 10.0. The van der Waals surface area contributed by atoms with Crippen molar-refractivity contribution in [3.8, 4) is 11.1 Å². The molecule has 2 aromatic heterocycles. The maximum Gasteiger partial charge on any atom is 0.188 e. The standard InChI is InChI=1S/C25H30N4OS/c1-18(30)15-19-5-7-20(8-6-19)21-16-23-24(26-17-21)27-25(31-23)29-13-9-22(10-14-29)28-11-3-2-4-12-28/h5-8,16-17,22H,2-4,9-15H2,1H3. The largest absolute Gasteiger partial charge is 0.348 e. The molecule has 2 aliphatic heterocycles. The molecule has 0 unspecified atom stereocenters. The Morgan fingerprint density at radius 2 is 1.77 bits per heavy atom. The zero-order valence-corrected chi connectivity index (χ0v) is 19.0. The van der Waals surface area contributed by atoms with E-state index in [0.717, 1.165) is 51.3 Å². The van der Waals surface area contributed by atoms with Crippen LogP contribution in [-0.2, 0) is 11.2 Å². The van der Waals surface area contributed by atoms with Crippen LogP contribution >= 0.6 is 11.3 Å². The van der Waals surface area contributed by atoms with Gasteiger partial charge in [-0.1, -0.05) is 42.0 Å². The lowest BCUT2D eigenvalue weighted by molar-refractivity contribution is -0.116. The van der Waals surface area contributed by atoms with Crippen molar-refractivity contribution in [1.82, 2.24) is 14.9 Å². The van der Waals surface area contributed by atoms with Crippen LogP contribution in [0.15, 0.2) is 36.5 Å². The number of thiazole rings is 1. The number of hydrogen-bond acceptors (Lipinski definition) is 6. The van der Waals surface area contributed by atoms with Crippen LogP contribution in [0, 0.1) is 0 Å². The average Bonchev–Trinajstić information content (AvgIpc) is 3.23. The number of piperidine rings is 2. The second-order valence-corrected chi connectivity index (χ2v) is 9.94. The molecule has 1 aromatic carbocycles. The van der Waals surface area contributed by atoms with Gasteiger partial charge < -0.3 is 9.80 Å². The number of hydrogen-bond donors (Lipinski definition) is 0. The fourth-order valence-electron chi connectivity index (χ4n) is 4.91. The van der Waals surface area contributed by atoms with E-state index in [4.69, 9.17) is 4.98 Å². The molecule has 4 heterocycles. The predicted octanol–water partition coefficient (Wildman–Crippen LogP) is 4.94. The Morgan fingerprint density at radius 3 is 2.48 bits per heavy atom. The molecule has 5 rings (SSSR count). The Bertz CT molecular complexity index is 1050. The highest BCUT2D eigenvalue weighted by atomic mass is 32.1. The molecule has 0 bridgehead atoms. The smallest absolute Gasteiger partial charge is 0.188 e. The van der Waals surface area contributed by atoms with Crippen LogP contribution < -0.4 is 4.90 Å². The maximum absolute atomic E-state index is 11.3. The van der Waals surface area contributed by atoms with Gasteiger partial charge in [-0.05, 0) is 62.9 Å². The molecule has 0 amide bonds. The van der Waals surface area contributed by atoms with Crippen LogP contribution in [0.25, 0.3) is 21.5 Å². The van der Waals surface area contributed by atoms with Gasteiger partial charge in [0.15, 0.2) is 10.8 Å². The number of carbonyl (C=O) groups excluding carboxylic acids is 1. The fourth-order valence-corrected chi connectivity index (χ4v) is 5.93. The third-order valence-electron chi connectivity index (χ3n) is 6.62. The summed E-state index contributed by atoms with van der Waals surface area (Å²) in [5, 5.41) is 1.11. The molecule has 6 heteroatoms. The SMILES string of the molecule is CC(=O)Cc1ccc(-c2cnc3nc(N4CCC(N5CCCCC5)CC4)sc3c2)cc1. The Balaban J connectivity index is 1.28. The van der Waals surface area contributed by atoms with Gasteiger partial charge in [-0.25, -0.2) is 4.98 Å². The third-order valence-corrected chi connectivity index (χ3v) is 7.67. The van der Waals surface area contributed by atoms with E-state index in [2.05, 4.69) is 33.0 Å². The first-order valence-electron chi connectivity index (χ1n) is 11.5. The number of ketones is 1. The van der Waals surface area contributed by atoms with Gasteiger partial charge in [-0.15, -0.1) is 0 Å². The minimum atomic E-state index is 0.188. The molecule has 2 fully saturated rings. The summed E-state index contributed by atoms with van der Waals surface area (Å²) in [5.41, 5.74) is 4.12. The highest BCUT2D eigenvalue weighted by molar-refractivity contribution is 7.22. The lowest BCUT2D eigenvalue weighted by Crippen LogP contribution is -2.46. The van der Waals surface area contributed by atoms with Gasteiger partial charge >= 0.3 is 0 Å². The van der Waals surface area contributed by atoms with Crippen LogP contribution in [0.1, 0.15) is 44.6 Å². The molecular formula is C25H30N4OS. The van der Waals surface area contributed by atoms with E-state index in [1.165, 1.54) is 45.2 Å². The molecule has 2 aliphatic rings. The number of Topliss-reactive ketones (excluding diaryl/α,β-unsaturated/α-hetero) is 1. The number of aromatic nitrogens is 2. The summed E-state index contributed by atoms with van der Waals surface area (Å²) in [6.45, 7) is 6.38. The average molecular weight is 435 g/mol. The zero-order valence-electron chi connectivity index (χ0n) is 18.2. The normalized spacial score (nSPS) is 18.5. The van der Waals surface area contributed by atoms with Gasteiger partial charge in [-0.2, -0.15) is 4.98 Å². The van der Waals surface area contributed by atoms with Gasteiger partial charge in [-0.3, -0.25) is 4.79 Å². The molecular weight excluding hydrogens is 404 g/mol. The van der Waals surface area contributed by atoms with E-state index in [-0.39, 0.29) is 5.78 Å². The predicted molar refractivity (Wildman–Crippen MR) is 128 cm³/mol. The summed E-state index contributed by atoms with van der Waals surface area (Å²) in [5.74, 6) is 0.188. The molecule has 0 aliphatic carbocycles. The van der Waals surface area contributed by atoms with Crippen molar-refractivity contribution >= 4 is 32.6 Å². The molecule has 5 nitrogen and oxygen atoms in total. The number of rotatable bonds is 5. The van der Waals surface area contributed by atoms with Gasteiger partial charge in [0, 0.05) is 37.3 Å². The first-order valence-corrected chi connectivity index (χ1v) is 12.3. The minimum Gasteiger partial charge on any atom is -0.348 e. The van der Waals surface area contributed by atoms with Crippen molar-refractivity contribution in [2.75, 3.05) is 31.1 Å². The number of benzene rings is 1. The minimum absolute atomic E-state index is 0.188. The van der Waals surface area contributed by atoms with Crippen molar-refractivity contribution < 1.29 is 4.79 Å². The molecule has 3 aromatic rings. The van der Waals surface area contributed by atoms with Crippen molar-refractivity contribution in [2.45, 2.75) is 51.5 Å². The number of likely N-dealkylation sites (tertiary alicyclic amines) is 1. The van der Waals surface area contributed by atoms with Gasteiger partial charge in [0.25, 0.3) is 0 Å². The highest BCUT2D eigenvalue weighted by Gasteiger charge is 2.27. The van der Waals surface area contributed by atoms with Crippen molar-refractivity contribution in [3.05, 3.63) is 42.1 Å². The third kappa shape index (κ3) is 4.65. The van der Waals surface area contributed by atoms with Gasteiger partial charge in [0.2, 0.25) is 0 Å². The fraction of sp³-hybridized carbons (Fsp3) is 0.480. The van der Waals surface area contributed by atoms with E-state index >= 15 is 0 Å². The van der Waals surface area contributed by atoms with Gasteiger partial charge in [0.1, 0.15) is 5.78 Å². The zero-order chi connectivity index (χ0) is 21.2. The van der Waals surface area contributed by atoms with E-state index in [0.29, 0.717) is 6.42 Å². The molecule has 2 saturated heterocycles. The summed E-state index contributed by atoms with van der Waals surface area (Å²) in [6.07, 6.45) is 9.01. The van der Waals surface area contributed by atoms with E-state index in [1.54, 1.807) is 18.3 Å². The summed E-state index contributed by atoms with van der Waals surface area (Å²) in [4.78, 5) is 26.0. The molecule has 0 atom stereocenters. The molecule has 31 heavy (non-hydrogen) atoms. The van der Waals surface area contributed by atoms with Gasteiger partial charge in [0.05, 0.1) is 4.70 Å². The van der Waals surface area contributed by atoms with E-state index < -0.39 is 0 Å². The Kier molecular flexibility index (Phi) is 6.01. The van der Waals surface area contributed by atoms with Crippen LogP contribution in [0.2, 0.25) is 0 Å². The van der Waals surface area contributed by atoms with Crippen molar-refractivity contribution in [3.63, 3.8) is 0 Å². The van der Waals surface area contributed by atoms with E-state index in [9.17, 15) is 4.79 Å². The van der Waals surface area contributed by atoms with Crippen LogP contribution in [-0.4, -0.2) is 52.9 Å². The molecule has 0 spiro atoms. The number of nitrogens with zero attached hydrogens (tertiary/aromatic N) is 4. The summed E-state index contributed by atoms with van der Waals surface area (Å²) in [7, 11) is 0. The van der Waals surface area contributed by atoms with Crippen LogP contribution in [0.5, 0.6) is 0 Å². The number of fused-ring (bicyclic) bond motifs is 1. The second kappa shape index (κ2) is 9.05. The summed E-state index contributed by atoms with van der Waals surface area (Å²) >= 11 is 1.76. The Morgan fingerprint density at radius 1 is 1.03 bits per heavy atom. The second-order valence-electron chi connectivity index (χ2n) is 8.93. The quantitative estimate of drug-likeness (QED) is 0.569. The number of carbonyl (C=O) groups is 1. The van der Waals surface area contributed by atoms with Crippen LogP contribution in [0.3, 0.4) is 0 Å².